The standard InChI is InChI=1S/C13H14N2O2/c1-8-4-5-11(9(2)6-8)12(16)15-13-14-10(3)7-17-13/h4-7H,1-3H3,(H,14,15,16). The van der Waals surface area contributed by atoms with Crippen molar-refractivity contribution in [1.82, 2.24) is 4.98 Å². The Hall–Kier alpha value is -2.10. The van der Waals surface area contributed by atoms with Crippen LogP contribution >= 0.6 is 0 Å². The molecule has 4 heteroatoms. The summed E-state index contributed by atoms with van der Waals surface area (Å²) >= 11 is 0. The summed E-state index contributed by atoms with van der Waals surface area (Å²) in [5.41, 5.74) is 3.43. The first kappa shape index (κ1) is 11.4. The average molecular weight is 230 g/mol. The number of aryl methyl sites for hydroxylation is 3. The first-order chi connectivity index (χ1) is 8.06. The Kier molecular flexibility index (Phi) is 2.95. The van der Waals surface area contributed by atoms with Gasteiger partial charge < -0.3 is 4.42 Å². The van der Waals surface area contributed by atoms with Crippen LogP contribution in [-0.4, -0.2) is 10.9 Å². The third-order valence-corrected chi connectivity index (χ3v) is 2.47. The summed E-state index contributed by atoms with van der Waals surface area (Å²) in [6.07, 6.45) is 1.50. The lowest BCUT2D eigenvalue weighted by atomic mass is 10.1. The average Bonchev–Trinajstić information content (AvgIpc) is 2.63. The predicted molar refractivity (Wildman–Crippen MR) is 65.1 cm³/mol. The van der Waals surface area contributed by atoms with Crippen LogP contribution in [0.2, 0.25) is 0 Å². The molecule has 4 nitrogen and oxygen atoms in total. The lowest BCUT2D eigenvalue weighted by Crippen LogP contribution is -2.13. The van der Waals surface area contributed by atoms with Crippen LogP contribution in [0.3, 0.4) is 0 Å². The van der Waals surface area contributed by atoms with E-state index >= 15 is 0 Å². The van der Waals surface area contributed by atoms with Crippen LogP contribution in [0.15, 0.2) is 28.9 Å². The fraction of sp³-hybridized carbons (Fsp3) is 0.231. The summed E-state index contributed by atoms with van der Waals surface area (Å²) < 4.78 is 5.08. The molecular weight excluding hydrogens is 216 g/mol. The molecule has 17 heavy (non-hydrogen) atoms. The molecule has 2 aromatic rings. The summed E-state index contributed by atoms with van der Waals surface area (Å²) in [5.74, 6) is -0.204. The normalized spacial score (nSPS) is 10.3. The largest absolute Gasteiger partial charge is 0.432 e. The van der Waals surface area contributed by atoms with E-state index in [0.29, 0.717) is 5.56 Å². The third kappa shape index (κ3) is 2.53. The second-order valence-electron chi connectivity index (χ2n) is 4.07. The number of hydrogen-bond acceptors (Lipinski definition) is 3. The van der Waals surface area contributed by atoms with Crippen molar-refractivity contribution in [1.29, 1.82) is 0 Å². The van der Waals surface area contributed by atoms with Gasteiger partial charge in [0.2, 0.25) is 0 Å². The maximum Gasteiger partial charge on any atom is 0.301 e. The molecule has 0 spiro atoms. The number of aromatic nitrogens is 1. The van der Waals surface area contributed by atoms with Crippen LogP contribution in [0.5, 0.6) is 0 Å². The van der Waals surface area contributed by atoms with Gasteiger partial charge in [0.05, 0.1) is 5.69 Å². The minimum absolute atomic E-state index is 0.204. The maximum atomic E-state index is 11.9. The van der Waals surface area contributed by atoms with Gasteiger partial charge in [-0.25, -0.2) is 0 Å². The minimum Gasteiger partial charge on any atom is -0.432 e. The van der Waals surface area contributed by atoms with E-state index < -0.39 is 0 Å². The summed E-state index contributed by atoms with van der Waals surface area (Å²) in [6.45, 7) is 5.70. The molecule has 1 N–H and O–H groups in total. The van der Waals surface area contributed by atoms with E-state index in [4.69, 9.17) is 4.42 Å². The van der Waals surface area contributed by atoms with Crippen molar-refractivity contribution in [3.63, 3.8) is 0 Å². The Labute approximate surface area is 99.7 Å². The van der Waals surface area contributed by atoms with Crippen LogP contribution in [0, 0.1) is 20.8 Å². The van der Waals surface area contributed by atoms with E-state index in [1.54, 1.807) is 13.0 Å². The molecule has 2 rings (SSSR count). The highest BCUT2D eigenvalue weighted by Crippen LogP contribution is 2.13. The number of anilines is 1. The smallest absolute Gasteiger partial charge is 0.301 e. The second kappa shape index (κ2) is 4.41. The monoisotopic (exact) mass is 230 g/mol. The molecule has 0 aliphatic carbocycles. The van der Waals surface area contributed by atoms with Crippen LogP contribution in [-0.2, 0) is 0 Å². The highest BCUT2D eigenvalue weighted by atomic mass is 16.4. The number of oxazole rings is 1. The van der Waals surface area contributed by atoms with Crippen molar-refractivity contribution in [2.45, 2.75) is 20.8 Å². The van der Waals surface area contributed by atoms with Crippen LogP contribution in [0.4, 0.5) is 6.01 Å². The van der Waals surface area contributed by atoms with Gasteiger partial charge in [0.15, 0.2) is 0 Å². The fourth-order valence-electron chi connectivity index (χ4n) is 1.64. The van der Waals surface area contributed by atoms with E-state index in [1.807, 2.05) is 26.0 Å². The summed E-state index contributed by atoms with van der Waals surface area (Å²) in [6, 6.07) is 5.90. The van der Waals surface area contributed by atoms with Crippen molar-refractivity contribution < 1.29 is 9.21 Å². The second-order valence-corrected chi connectivity index (χ2v) is 4.07. The van der Waals surface area contributed by atoms with Gasteiger partial charge in [-0.1, -0.05) is 17.7 Å². The number of carbonyl (C=O) groups is 1. The quantitative estimate of drug-likeness (QED) is 0.863. The summed E-state index contributed by atoms with van der Waals surface area (Å²) in [7, 11) is 0. The van der Waals surface area contributed by atoms with E-state index in [-0.39, 0.29) is 11.9 Å². The topological polar surface area (TPSA) is 55.1 Å². The Morgan fingerprint density at radius 2 is 2.06 bits per heavy atom. The zero-order valence-electron chi connectivity index (χ0n) is 10.1. The van der Waals surface area contributed by atoms with Crippen molar-refractivity contribution in [2.75, 3.05) is 5.32 Å². The molecule has 0 radical (unpaired) electrons. The first-order valence-electron chi connectivity index (χ1n) is 5.37. The zero-order valence-corrected chi connectivity index (χ0v) is 10.1. The van der Waals surface area contributed by atoms with Gasteiger partial charge >= 0.3 is 6.01 Å². The number of hydrogen-bond donors (Lipinski definition) is 1. The highest BCUT2D eigenvalue weighted by molar-refractivity contribution is 6.04. The Morgan fingerprint density at radius 3 is 2.65 bits per heavy atom. The van der Waals surface area contributed by atoms with E-state index in [9.17, 15) is 4.79 Å². The lowest BCUT2D eigenvalue weighted by molar-refractivity contribution is 0.102. The van der Waals surface area contributed by atoms with Gasteiger partial charge in [0, 0.05) is 5.56 Å². The number of nitrogens with zero attached hydrogens (tertiary/aromatic N) is 1. The van der Waals surface area contributed by atoms with E-state index in [0.717, 1.165) is 16.8 Å². The van der Waals surface area contributed by atoms with Crippen molar-refractivity contribution in [3.05, 3.63) is 46.8 Å². The molecular formula is C13H14N2O2. The highest BCUT2D eigenvalue weighted by Gasteiger charge is 2.11. The summed E-state index contributed by atoms with van der Waals surface area (Å²) in [5, 5.41) is 2.62. The number of carbonyl (C=O) groups excluding carboxylic acids is 1. The Morgan fingerprint density at radius 1 is 1.29 bits per heavy atom. The molecule has 0 fully saturated rings. The van der Waals surface area contributed by atoms with Gasteiger partial charge in [0.25, 0.3) is 5.91 Å². The van der Waals surface area contributed by atoms with Crippen molar-refractivity contribution in [2.24, 2.45) is 0 Å². The molecule has 1 amide bonds. The van der Waals surface area contributed by atoms with Gasteiger partial charge in [-0.05, 0) is 32.4 Å². The maximum absolute atomic E-state index is 11.9. The molecule has 0 aliphatic rings. The minimum atomic E-state index is -0.204. The molecule has 0 bridgehead atoms. The lowest BCUT2D eigenvalue weighted by Gasteiger charge is -2.05. The summed E-state index contributed by atoms with van der Waals surface area (Å²) in [4.78, 5) is 16.0. The van der Waals surface area contributed by atoms with Crippen LogP contribution in [0.25, 0.3) is 0 Å². The Bertz CT molecular complexity index is 558. The third-order valence-electron chi connectivity index (χ3n) is 2.47. The zero-order chi connectivity index (χ0) is 12.4. The number of amides is 1. The number of benzene rings is 1. The number of nitrogens with one attached hydrogen (secondary N) is 1. The number of rotatable bonds is 2. The SMILES string of the molecule is Cc1ccc(C(=O)Nc2nc(C)co2)c(C)c1. The molecule has 0 saturated heterocycles. The van der Waals surface area contributed by atoms with Crippen LogP contribution < -0.4 is 5.32 Å². The van der Waals surface area contributed by atoms with Crippen LogP contribution in [0.1, 0.15) is 27.2 Å². The van der Waals surface area contributed by atoms with E-state index in [2.05, 4.69) is 10.3 Å². The van der Waals surface area contributed by atoms with Gasteiger partial charge in [-0.2, -0.15) is 4.98 Å². The molecule has 0 saturated carbocycles. The molecule has 0 atom stereocenters. The molecule has 0 aliphatic heterocycles. The van der Waals surface area contributed by atoms with Gasteiger partial charge in [-0.3, -0.25) is 10.1 Å². The molecule has 88 valence electrons. The van der Waals surface area contributed by atoms with E-state index in [1.165, 1.54) is 6.26 Å². The Balaban J connectivity index is 2.20. The predicted octanol–water partition coefficient (Wildman–Crippen LogP) is 2.85. The van der Waals surface area contributed by atoms with Gasteiger partial charge in [0.1, 0.15) is 6.26 Å². The fourth-order valence-corrected chi connectivity index (χ4v) is 1.64. The van der Waals surface area contributed by atoms with Crippen molar-refractivity contribution >= 4 is 11.9 Å². The van der Waals surface area contributed by atoms with Gasteiger partial charge in [-0.15, -0.1) is 0 Å². The molecule has 1 aromatic heterocycles. The molecule has 1 aromatic carbocycles. The molecule has 1 heterocycles. The van der Waals surface area contributed by atoms with Crippen molar-refractivity contribution in [3.8, 4) is 0 Å². The molecule has 0 unspecified atom stereocenters. The first-order valence-corrected chi connectivity index (χ1v) is 5.37.